The number of pyridine rings is 1. The number of hydrogen-bond donors (Lipinski definition) is 1. The fourth-order valence-corrected chi connectivity index (χ4v) is 2.72. The van der Waals surface area contributed by atoms with E-state index in [0.29, 0.717) is 0 Å². The minimum atomic E-state index is 0.767. The van der Waals surface area contributed by atoms with Crippen molar-refractivity contribution in [1.29, 1.82) is 0 Å². The van der Waals surface area contributed by atoms with Crippen LogP contribution >= 0.6 is 27.3 Å². The molecule has 0 aromatic carbocycles. The summed E-state index contributed by atoms with van der Waals surface area (Å²) < 4.78 is 1.10. The van der Waals surface area contributed by atoms with Gasteiger partial charge in [0.1, 0.15) is 5.82 Å². The maximum absolute atomic E-state index is 4.46. The van der Waals surface area contributed by atoms with Crippen molar-refractivity contribution in [2.75, 3.05) is 0 Å². The first-order chi connectivity index (χ1) is 7.72. The van der Waals surface area contributed by atoms with Crippen LogP contribution in [0.25, 0.3) is 22.6 Å². The van der Waals surface area contributed by atoms with Crippen LogP contribution in [0.3, 0.4) is 0 Å². The molecule has 0 amide bonds. The molecule has 0 aliphatic heterocycles. The molecule has 80 valence electrons. The molecule has 0 bridgehead atoms. The summed E-state index contributed by atoms with van der Waals surface area (Å²) in [4.78, 5) is 12.0. The van der Waals surface area contributed by atoms with Crippen molar-refractivity contribution in [3.8, 4) is 11.4 Å². The average molecular weight is 294 g/mol. The van der Waals surface area contributed by atoms with E-state index in [1.54, 1.807) is 11.3 Å². The Hall–Kier alpha value is -1.20. The number of fused-ring (bicyclic) bond motifs is 1. The number of rotatable bonds is 1. The van der Waals surface area contributed by atoms with E-state index >= 15 is 0 Å². The molecule has 0 atom stereocenters. The molecule has 0 aliphatic rings. The number of nitrogens with one attached hydrogen (secondary N) is 1. The zero-order valence-electron chi connectivity index (χ0n) is 8.49. The highest BCUT2D eigenvalue weighted by atomic mass is 79.9. The Balaban J connectivity index is 2.18. The lowest BCUT2D eigenvalue weighted by molar-refractivity contribution is 1.28. The van der Waals surface area contributed by atoms with Gasteiger partial charge in [-0.3, -0.25) is 0 Å². The van der Waals surface area contributed by atoms with Crippen molar-refractivity contribution < 1.29 is 0 Å². The Morgan fingerprint density at radius 1 is 1.38 bits per heavy atom. The number of hydrogen-bond acceptors (Lipinski definition) is 3. The number of aryl methyl sites for hydroxylation is 1. The summed E-state index contributed by atoms with van der Waals surface area (Å²) in [7, 11) is 0. The van der Waals surface area contributed by atoms with Crippen molar-refractivity contribution in [2.24, 2.45) is 0 Å². The first-order valence-corrected chi connectivity index (χ1v) is 6.46. The van der Waals surface area contributed by atoms with Crippen LogP contribution < -0.4 is 0 Å². The molecule has 3 aromatic rings. The fourth-order valence-electron chi connectivity index (χ4n) is 1.58. The zero-order valence-corrected chi connectivity index (χ0v) is 10.9. The summed E-state index contributed by atoms with van der Waals surface area (Å²) in [5.74, 6) is 0.870. The third kappa shape index (κ3) is 1.66. The highest BCUT2D eigenvalue weighted by Crippen LogP contribution is 2.28. The van der Waals surface area contributed by atoms with Gasteiger partial charge in [0.2, 0.25) is 0 Å². The summed E-state index contributed by atoms with van der Waals surface area (Å²) in [5.41, 5.74) is 3.97. The molecule has 0 fully saturated rings. The summed E-state index contributed by atoms with van der Waals surface area (Å²) in [6, 6.07) is 4.11. The minimum absolute atomic E-state index is 0.767. The topological polar surface area (TPSA) is 41.6 Å². The molecule has 0 radical (unpaired) electrons. The van der Waals surface area contributed by atoms with Crippen molar-refractivity contribution in [3.63, 3.8) is 0 Å². The van der Waals surface area contributed by atoms with Crippen LogP contribution in [0.1, 0.15) is 5.56 Å². The molecule has 0 unspecified atom stereocenters. The van der Waals surface area contributed by atoms with E-state index in [9.17, 15) is 0 Å². The maximum atomic E-state index is 4.46. The van der Waals surface area contributed by atoms with Crippen LogP contribution in [0.2, 0.25) is 0 Å². The monoisotopic (exact) mass is 293 g/mol. The molecule has 3 aromatic heterocycles. The molecular weight excluding hydrogens is 286 g/mol. The fraction of sp³-hybridized carbons (Fsp3) is 0.0909. The SMILES string of the molecule is Cc1cnc2nc(-c3csc(Br)c3)[nH]c2c1. The standard InChI is InChI=1S/C11H8BrN3S/c1-6-2-8-11(13-4-6)15-10(14-8)7-3-9(12)16-5-7/h2-5H,1H3,(H,13,14,15). The normalized spacial score (nSPS) is 11.1. The smallest absolute Gasteiger partial charge is 0.178 e. The van der Waals surface area contributed by atoms with Gasteiger partial charge in [0.15, 0.2) is 5.65 Å². The van der Waals surface area contributed by atoms with Crippen molar-refractivity contribution in [1.82, 2.24) is 15.0 Å². The summed E-state index contributed by atoms with van der Waals surface area (Å²) in [6.07, 6.45) is 1.83. The quantitative estimate of drug-likeness (QED) is 0.742. The van der Waals surface area contributed by atoms with Crippen LogP contribution in [0.4, 0.5) is 0 Å². The highest BCUT2D eigenvalue weighted by Gasteiger charge is 2.07. The second-order valence-electron chi connectivity index (χ2n) is 3.61. The molecule has 0 spiro atoms. The first kappa shape index (κ1) is 9.99. The predicted molar refractivity (Wildman–Crippen MR) is 69.6 cm³/mol. The van der Waals surface area contributed by atoms with Gasteiger partial charge in [-0.05, 0) is 40.5 Å². The molecule has 3 heterocycles. The van der Waals surface area contributed by atoms with Crippen LogP contribution in [0.15, 0.2) is 27.5 Å². The second-order valence-corrected chi connectivity index (χ2v) is 5.90. The van der Waals surface area contributed by atoms with E-state index < -0.39 is 0 Å². The first-order valence-electron chi connectivity index (χ1n) is 4.79. The van der Waals surface area contributed by atoms with E-state index in [4.69, 9.17) is 0 Å². The van der Waals surface area contributed by atoms with Gasteiger partial charge in [-0.15, -0.1) is 11.3 Å². The van der Waals surface area contributed by atoms with Gasteiger partial charge < -0.3 is 4.98 Å². The number of aromatic nitrogens is 3. The summed E-state index contributed by atoms with van der Waals surface area (Å²) in [5, 5.41) is 2.06. The molecule has 0 saturated carbocycles. The van der Waals surface area contributed by atoms with Crippen LogP contribution in [0, 0.1) is 6.92 Å². The molecular formula is C11H8BrN3S. The predicted octanol–water partition coefficient (Wildman–Crippen LogP) is 3.76. The number of halogens is 1. The van der Waals surface area contributed by atoms with E-state index in [-0.39, 0.29) is 0 Å². The lowest BCUT2D eigenvalue weighted by Gasteiger charge is -1.88. The lowest BCUT2D eigenvalue weighted by Crippen LogP contribution is -1.77. The van der Waals surface area contributed by atoms with Gasteiger partial charge >= 0.3 is 0 Å². The molecule has 3 nitrogen and oxygen atoms in total. The lowest BCUT2D eigenvalue weighted by atomic mass is 10.3. The van der Waals surface area contributed by atoms with E-state index in [0.717, 1.165) is 31.9 Å². The number of H-pyrrole nitrogens is 1. The van der Waals surface area contributed by atoms with Crippen molar-refractivity contribution in [3.05, 3.63) is 33.1 Å². The second kappa shape index (κ2) is 3.68. The van der Waals surface area contributed by atoms with Gasteiger partial charge in [0.25, 0.3) is 0 Å². The number of aromatic amines is 1. The van der Waals surface area contributed by atoms with Gasteiger partial charge in [-0.25, -0.2) is 9.97 Å². The minimum Gasteiger partial charge on any atom is -0.337 e. The molecule has 3 rings (SSSR count). The van der Waals surface area contributed by atoms with Gasteiger partial charge in [0.05, 0.1) is 9.30 Å². The highest BCUT2D eigenvalue weighted by molar-refractivity contribution is 9.11. The summed E-state index contributed by atoms with van der Waals surface area (Å²) in [6.45, 7) is 2.02. The Kier molecular flexibility index (Phi) is 2.29. The zero-order chi connectivity index (χ0) is 11.1. The van der Waals surface area contributed by atoms with Gasteiger partial charge in [0, 0.05) is 17.1 Å². The Labute approximate surface area is 105 Å². The van der Waals surface area contributed by atoms with Crippen LogP contribution in [-0.4, -0.2) is 15.0 Å². The van der Waals surface area contributed by atoms with Crippen molar-refractivity contribution >= 4 is 38.4 Å². The Bertz CT molecular complexity index is 656. The number of thiophene rings is 1. The number of nitrogens with zero attached hydrogens (tertiary/aromatic N) is 2. The molecule has 0 aliphatic carbocycles. The van der Waals surface area contributed by atoms with E-state index in [1.807, 2.05) is 13.1 Å². The summed E-state index contributed by atoms with van der Waals surface area (Å²) >= 11 is 5.09. The number of imidazole rings is 1. The molecule has 0 saturated heterocycles. The maximum Gasteiger partial charge on any atom is 0.178 e. The van der Waals surface area contributed by atoms with Gasteiger partial charge in [-0.2, -0.15) is 0 Å². The molecule has 16 heavy (non-hydrogen) atoms. The Morgan fingerprint density at radius 2 is 2.25 bits per heavy atom. The molecule has 5 heteroatoms. The molecule has 1 N–H and O–H groups in total. The van der Waals surface area contributed by atoms with Crippen LogP contribution in [-0.2, 0) is 0 Å². The van der Waals surface area contributed by atoms with Gasteiger partial charge in [-0.1, -0.05) is 0 Å². The third-order valence-electron chi connectivity index (χ3n) is 2.32. The van der Waals surface area contributed by atoms with Crippen molar-refractivity contribution in [2.45, 2.75) is 6.92 Å². The van der Waals surface area contributed by atoms with Crippen LogP contribution in [0.5, 0.6) is 0 Å². The largest absolute Gasteiger partial charge is 0.337 e. The Morgan fingerprint density at radius 3 is 3.00 bits per heavy atom. The van der Waals surface area contributed by atoms with E-state index in [2.05, 4.69) is 48.4 Å². The van der Waals surface area contributed by atoms with E-state index in [1.165, 1.54) is 0 Å². The third-order valence-corrected chi connectivity index (χ3v) is 3.82. The average Bonchev–Trinajstić information content (AvgIpc) is 2.83.